The number of nitrogens with zero attached hydrogens (tertiary/aromatic N) is 2. The summed E-state index contributed by atoms with van der Waals surface area (Å²) in [5.41, 5.74) is 3.11. The number of ether oxygens (including phenoxy) is 1. The third-order valence-electron chi connectivity index (χ3n) is 4.81. The van der Waals surface area contributed by atoms with Gasteiger partial charge in [0, 0.05) is 16.6 Å². The molecule has 0 bridgehead atoms. The number of esters is 1. The van der Waals surface area contributed by atoms with Crippen molar-refractivity contribution in [1.29, 1.82) is 0 Å². The lowest BCUT2D eigenvalue weighted by molar-refractivity contribution is -0.147. The Morgan fingerprint density at radius 1 is 1.36 bits per heavy atom. The molecule has 1 saturated heterocycles. The van der Waals surface area contributed by atoms with Gasteiger partial charge in [-0.2, -0.15) is 0 Å². The monoisotopic (exact) mass is 406 g/mol. The number of aryl methyl sites for hydroxylation is 2. The van der Waals surface area contributed by atoms with Crippen molar-refractivity contribution in [3.8, 4) is 11.5 Å². The van der Waals surface area contributed by atoms with E-state index >= 15 is 0 Å². The van der Waals surface area contributed by atoms with Crippen LogP contribution in [0.15, 0.2) is 27.1 Å². The van der Waals surface area contributed by atoms with E-state index < -0.39 is 0 Å². The third kappa shape index (κ3) is 4.12. The van der Waals surface area contributed by atoms with Crippen LogP contribution in [0.25, 0.3) is 11.5 Å². The SMILES string of the molecule is COC(=O)C1CCN(Cc2nc(-c3ccc(Br)cc3C)oc2C)CC1. The van der Waals surface area contributed by atoms with Crippen LogP contribution in [0.4, 0.5) is 0 Å². The summed E-state index contributed by atoms with van der Waals surface area (Å²) < 4.78 is 11.8. The molecule has 25 heavy (non-hydrogen) atoms. The summed E-state index contributed by atoms with van der Waals surface area (Å²) in [6.45, 7) is 6.51. The number of halogens is 1. The van der Waals surface area contributed by atoms with Crippen molar-refractivity contribution >= 4 is 21.9 Å². The topological polar surface area (TPSA) is 55.6 Å². The Labute approximate surface area is 156 Å². The molecule has 0 spiro atoms. The molecule has 0 unspecified atom stereocenters. The van der Waals surface area contributed by atoms with Gasteiger partial charge >= 0.3 is 5.97 Å². The van der Waals surface area contributed by atoms with Crippen molar-refractivity contribution in [3.63, 3.8) is 0 Å². The van der Waals surface area contributed by atoms with E-state index in [1.54, 1.807) is 0 Å². The molecule has 1 aliphatic heterocycles. The summed E-state index contributed by atoms with van der Waals surface area (Å²) in [4.78, 5) is 18.7. The number of benzene rings is 1. The summed E-state index contributed by atoms with van der Waals surface area (Å²) in [5, 5.41) is 0. The number of hydrogen-bond donors (Lipinski definition) is 0. The van der Waals surface area contributed by atoms with Crippen LogP contribution in [0.1, 0.15) is 29.9 Å². The van der Waals surface area contributed by atoms with Gasteiger partial charge in [-0.1, -0.05) is 15.9 Å². The zero-order valence-electron chi connectivity index (χ0n) is 14.8. The molecule has 0 saturated carbocycles. The van der Waals surface area contributed by atoms with Gasteiger partial charge in [-0.25, -0.2) is 4.98 Å². The zero-order chi connectivity index (χ0) is 18.0. The van der Waals surface area contributed by atoms with Gasteiger partial charge in [0.05, 0.1) is 18.7 Å². The van der Waals surface area contributed by atoms with Gasteiger partial charge in [0.1, 0.15) is 5.76 Å². The minimum absolute atomic E-state index is 0.0284. The molecule has 2 heterocycles. The number of piperidine rings is 1. The fourth-order valence-corrected chi connectivity index (χ4v) is 3.74. The first kappa shape index (κ1) is 18.1. The number of methoxy groups -OCH3 is 1. The summed E-state index contributed by atoms with van der Waals surface area (Å²) in [7, 11) is 1.46. The van der Waals surface area contributed by atoms with Crippen LogP contribution in [-0.2, 0) is 16.1 Å². The highest BCUT2D eigenvalue weighted by atomic mass is 79.9. The molecule has 0 radical (unpaired) electrons. The number of hydrogen-bond acceptors (Lipinski definition) is 5. The molecule has 1 fully saturated rings. The van der Waals surface area contributed by atoms with Crippen LogP contribution in [0, 0.1) is 19.8 Å². The van der Waals surface area contributed by atoms with Gasteiger partial charge in [0.15, 0.2) is 0 Å². The van der Waals surface area contributed by atoms with E-state index in [9.17, 15) is 4.79 Å². The molecule has 1 aromatic heterocycles. The first-order chi connectivity index (χ1) is 12.0. The quantitative estimate of drug-likeness (QED) is 0.715. The summed E-state index contributed by atoms with van der Waals surface area (Å²) >= 11 is 3.48. The summed E-state index contributed by atoms with van der Waals surface area (Å²) in [6.07, 6.45) is 1.67. The number of aromatic nitrogens is 1. The van der Waals surface area contributed by atoms with Crippen molar-refractivity contribution in [2.75, 3.05) is 20.2 Å². The van der Waals surface area contributed by atoms with E-state index in [2.05, 4.69) is 33.8 Å². The lowest BCUT2D eigenvalue weighted by atomic mass is 9.97. The fraction of sp³-hybridized carbons (Fsp3) is 0.474. The van der Waals surface area contributed by atoms with Crippen molar-refractivity contribution in [1.82, 2.24) is 9.88 Å². The van der Waals surface area contributed by atoms with Crippen LogP contribution >= 0.6 is 15.9 Å². The van der Waals surface area contributed by atoms with Crippen molar-refractivity contribution < 1.29 is 13.9 Å². The number of likely N-dealkylation sites (tertiary alicyclic amines) is 1. The minimum atomic E-state index is -0.0923. The number of carbonyl (C=O) groups is 1. The number of carbonyl (C=O) groups excluding carboxylic acids is 1. The maximum Gasteiger partial charge on any atom is 0.308 e. The van der Waals surface area contributed by atoms with Gasteiger partial charge in [-0.05, 0) is 63.5 Å². The van der Waals surface area contributed by atoms with E-state index in [-0.39, 0.29) is 11.9 Å². The molecule has 0 aliphatic carbocycles. The molecule has 2 aromatic rings. The van der Waals surface area contributed by atoms with Crippen LogP contribution in [-0.4, -0.2) is 36.1 Å². The average Bonchev–Trinajstić information content (AvgIpc) is 2.95. The molecule has 3 rings (SSSR count). The average molecular weight is 407 g/mol. The Kier molecular flexibility index (Phi) is 5.59. The highest BCUT2D eigenvalue weighted by molar-refractivity contribution is 9.10. The van der Waals surface area contributed by atoms with E-state index in [0.717, 1.165) is 59.5 Å². The standard InChI is InChI=1S/C19H23BrN2O3/c1-12-10-15(20)4-5-16(12)18-21-17(13(2)25-18)11-22-8-6-14(7-9-22)19(23)24-3/h4-5,10,14H,6-9,11H2,1-3H3. The first-order valence-electron chi connectivity index (χ1n) is 8.51. The van der Waals surface area contributed by atoms with Gasteiger partial charge in [-0.3, -0.25) is 9.69 Å². The third-order valence-corrected chi connectivity index (χ3v) is 5.30. The van der Waals surface area contributed by atoms with Crippen LogP contribution in [0.2, 0.25) is 0 Å². The van der Waals surface area contributed by atoms with Crippen LogP contribution in [0.5, 0.6) is 0 Å². The second-order valence-corrected chi connectivity index (χ2v) is 7.47. The maximum atomic E-state index is 11.6. The Bertz CT molecular complexity index is 764. The molecule has 0 atom stereocenters. The lowest BCUT2D eigenvalue weighted by Crippen LogP contribution is -2.36. The van der Waals surface area contributed by atoms with E-state index in [0.29, 0.717) is 5.89 Å². The largest absolute Gasteiger partial charge is 0.469 e. The Hall–Kier alpha value is -1.66. The Morgan fingerprint density at radius 3 is 2.72 bits per heavy atom. The van der Waals surface area contributed by atoms with Crippen LogP contribution in [0.3, 0.4) is 0 Å². The van der Waals surface area contributed by atoms with Crippen molar-refractivity contribution in [2.24, 2.45) is 5.92 Å². The Balaban J connectivity index is 1.68. The molecule has 0 amide bonds. The van der Waals surface area contributed by atoms with Gasteiger partial charge in [0.2, 0.25) is 5.89 Å². The van der Waals surface area contributed by atoms with Crippen molar-refractivity contribution in [2.45, 2.75) is 33.2 Å². The van der Waals surface area contributed by atoms with Crippen LogP contribution < -0.4 is 0 Å². The first-order valence-corrected chi connectivity index (χ1v) is 9.30. The summed E-state index contributed by atoms with van der Waals surface area (Å²) in [6, 6.07) is 6.08. The fourth-order valence-electron chi connectivity index (χ4n) is 3.26. The van der Waals surface area contributed by atoms with Gasteiger partial charge in [0.25, 0.3) is 0 Å². The molecule has 1 aromatic carbocycles. The van der Waals surface area contributed by atoms with Gasteiger partial charge in [-0.15, -0.1) is 0 Å². The number of rotatable bonds is 4. The predicted molar refractivity (Wildman–Crippen MR) is 99.1 cm³/mol. The maximum absolute atomic E-state index is 11.6. The van der Waals surface area contributed by atoms with E-state index in [1.165, 1.54) is 7.11 Å². The zero-order valence-corrected chi connectivity index (χ0v) is 16.4. The Morgan fingerprint density at radius 2 is 2.08 bits per heavy atom. The van der Waals surface area contributed by atoms with Gasteiger partial charge < -0.3 is 9.15 Å². The predicted octanol–water partition coefficient (Wildman–Crippen LogP) is 4.11. The lowest BCUT2D eigenvalue weighted by Gasteiger charge is -2.29. The second kappa shape index (κ2) is 7.70. The smallest absolute Gasteiger partial charge is 0.308 e. The molecule has 5 nitrogen and oxygen atoms in total. The molecule has 0 N–H and O–H groups in total. The van der Waals surface area contributed by atoms with Crippen molar-refractivity contribution in [3.05, 3.63) is 39.7 Å². The number of oxazole rings is 1. The minimum Gasteiger partial charge on any atom is -0.469 e. The van der Waals surface area contributed by atoms with E-state index in [1.807, 2.05) is 19.1 Å². The second-order valence-electron chi connectivity index (χ2n) is 6.55. The molecule has 1 aliphatic rings. The molecular formula is C19H23BrN2O3. The molecule has 134 valence electrons. The summed E-state index contributed by atoms with van der Waals surface area (Å²) in [5.74, 6) is 1.46. The highest BCUT2D eigenvalue weighted by Crippen LogP contribution is 2.28. The molecule has 6 heteroatoms. The highest BCUT2D eigenvalue weighted by Gasteiger charge is 2.26. The normalized spacial score (nSPS) is 16.2. The van der Waals surface area contributed by atoms with E-state index in [4.69, 9.17) is 14.1 Å². The molecular weight excluding hydrogens is 384 g/mol.